The highest BCUT2D eigenvalue weighted by molar-refractivity contribution is 5.40. The number of nitrogens with zero attached hydrogens (tertiary/aromatic N) is 1. The molecule has 0 aliphatic rings. The molecule has 0 heterocycles. The number of rotatable bonds is 2. The molecule has 13 heavy (non-hydrogen) atoms. The number of ether oxygens (including phenoxy) is 1. The minimum Gasteiger partial charge on any atom is -0.491 e. The summed E-state index contributed by atoms with van der Waals surface area (Å²) in [4.78, 5) is 0. The van der Waals surface area contributed by atoms with Gasteiger partial charge in [-0.1, -0.05) is 0 Å². The van der Waals surface area contributed by atoms with Crippen LogP contribution in [0.1, 0.15) is 25.0 Å². The van der Waals surface area contributed by atoms with Crippen molar-refractivity contribution in [2.24, 2.45) is 0 Å². The summed E-state index contributed by atoms with van der Waals surface area (Å²) >= 11 is 0. The van der Waals surface area contributed by atoms with Crippen molar-refractivity contribution in [3.8, 4) is 11.8 Å². The zero-order valence-electron chi connectivity index (χ0n) is 8.16. The monoisotopic (exact) mass is 175 g/mol. The number of nitriles is 1. The maximum absolute atomic E-state index is 8.72. The van der Waals surface area contributed by atoms with E-state index in [4.69, 9.17) is 10.00 Å². The average molecular weight is 175 g/mol. The normalized spacial score (nSPS) is 9.77. The van der Waals surface area contributed by atoms with Crippen LogP contribution in [0.3, 0.4) is 0 Å². The van der Waals surface area contributed by atoms with Crippen LogP contribution >= 0.6 is 0 Å². The molecule has 0 fully saturated rings. The predicted molar refractivity (Wildman–Crippen MR) is 51.7 cm³/mol. The van der Waals surface area contributed by atoms with Gasteiger partial charge >= 0.3 is 0 Å². The molecule has 0 N–H and O–H groups in total. The summed E-state index contributed by atoms with van der Waals surface area (Å²) in [5.74, 6) is 0.770. The first-order chi connectivity index (χ1) is 6.11. The number of hydrogen-bond donors (Lipinski definition) is 0. The minimum atomic E-state index is 0.147. The molecule has 0 unspecified atom stereocenters. The smallest absolute Gasteiger partial charge is 0.121 e. The van der Waals surface area contributed by atoms with Gasteiger partial charge < -0.3 is 4.74 Å². The van der Waals surface area contributed by atoms with Crippen molar-refractivity contribution in [3.05, 3.63) is 29.3 Å². The largest absolute Gasteiger partial charge is 0.491 e. The second-order valence-electron chi connectivity index (χ2n) is 3.31. The molecule has 0 bridgehead atoms. The molecule has 68 valence electrons. The Balaban J connectivity index is 2.96. The van der Waals surface area contributed by atoms with E-state index in [-0.39, 0.29) is 6.10 Å². The van der Waals surface area contributed by atoms with Crippen molar-refractivity contribution in [3.63, 3.8) is 0 Å². The second-order valence-corrected chi connectivity index (χ2v) is 3.31. The number of hydrogen-bond acceptors (Lipinski definition) is 2. The molecule has 1 aromatic carbocycles. The van der Waals surface area contributed by atoms with Gasteiger partial charge in [0, 0.05) is 0 Å². The highest BCUT2D eigenvalue weighted by Crippen LogP contribution is 2.17. The van der Waals surface area contributed by atoms with Crippen LogP contribution in [0.5, 0.6) is 5.75 Å². The van der Waals surface area contributed by atoms with Crippen LogP contribution < -0.4 is 4.74 Å². The van der Waals surface area contributed by atoms with Gasteiger partial charge in [0.05, 0.1) is 17.7 Å². The Bertz CT molecular complexity index is 336. The fourth-order valence-corrected chi connectivity index (χ4v) is 1.15. The molecule has 0 amide bonds. The average Bonchev–Trinajstić information content (AvgIpc) is 2.01. The first-order valence-electron chi connectivity index (χ1n) is 4.30. The van der Waals surface area contributed by atoms with Gasteiger partial charge in [-0.3, -0.25) is 0 Å². The summed E-state index contributed by atoms with van der Waals surface area (Å²) in [7, 11) is 0. The molecule has 0 atom stereocenters. The van der Waals surface area contributed by atoms with Crippen LogP contribution in [0, 0.1) is 18.3 Å². The van der Waals surface area contributed by atoms with E-state index in [0.29, 0.717) is 5.56 Å². The Morgan fingerprint density at radius 2 is 2.00 bits per heavy atom. The summed E-state index contributed by atoms with van der Waals surface area (Å²) in [6.45, 7) is 5.89. The van der Waals surface area contributed by atoms with Gasteiger partial charge in [0.15, 0.2) is 0 Å². The molecule has 2 heteroatoms. The Morgan fingerprint density at radius 3 is 2.54 bits per heavy atom. The maximum atomic E-state index is 8.72. The van der Waals surface area contributed by atoms with Crippen molar-refractivity contribution in [1.82, 2.24) is 0 Å². The Morgan fingerprint density at radius 1 is 1.31 bits per heavy atom. The topological polar surface area (TPSA) is 33.0 Å². The fraction of sp³-hybridized carbons (Fsp3) is 0.364. The van der Waals surface area contributed by atoms with Crippen molar-refractivity contribution in [1.29, 1.82) is 5.26 Å². The highest BCUT2D eigenvalue weighted by atomic mass is 16.5. The zero-order chi connectivity index (χ0) is 9.84. The van der Waals surface area contributed by atoms with Gasteiger partial charge in [0.25, 0.3) is 0 Å². The summed E-state index contributed by atoms with van der Waals surface area (Å²) in [5.41, 5.74) is 1.70. The lowest BCUT2D eigenvalue weighted by atomic mass is 10.1. The predicted octanol–water partition coefficient (Wildman–Crippen LogP) is 2.65. The summed E-state index contributed by atoms with van der Waals surface area (Å²) in [5, 5.41) is 8.72. The molecule has 0 saturated carbocycles. The van der Waals surface area contributed by atoms with Gasteiger partial charge in [-0.15, -0.1) is 0 Å². The van der Waals surface area contributed by atoms with Gasteiger partial charge in [0.2, 0.25) is 0 Å². The Kier molecular flexibility index (Phi) is 2.92. The first-order valence-corrected chi connectivity index (χ1v) is 4.30. The molecule has 1 rings (SSSR count). The quantitative estimate of drug-likeness (QED) is 0.692. The van der Waals surface area contributed by atoms with Gasteiger partial charge in [0.1, 0.15) is 5.75 Å². The van der Waals surface area contributed by atoms with Gasteiger partial charge in [-0.25, -0.2) is 0 Å². The Hall–Kier alpha value is -1.49. The van der Waals surface area contributed by atoms with E-state index in [1.165, 1.54) is 0 Å². The summed E-state index contributed by atoms with van der Waals surface area (Å²) in [6, 6.07) is 7.63. The molecule has 0 spiro atoms. The third-order valence-electron chi connectivity index (χ3n) is 1.55. The van der Waals surface area contributed by atoms with Crippen LogP contribution in [-0.2, 0) is 0 Å². The minimum absolute atomic E-state index is 0.147. The van der Waals surface area contributed by atoms with Crippen LogP contribution in [0.2, 0.25) is 0 Å². The fourth-order valence-electron chi connectivity index (χ4n) is 1.15. The second kappa shape index (κ2) is 3.95. The lowest BCUT2D eigenvalue weighted by Gasteiger charge is -2.10. The van der Waals surface area contributed by atoms with Crippen LogP contribution in [0.25, 0.3) is 0 Å². The number of aryl methyl sites for hydroxylation is 1. The first kappa shape index (κ1) is 9.60. The standard InChI is InChI=1S/C11H13NO/c1-8(2)13-11-5-9(3)4-10(6-11)7-12/h4-6,8H,1-3H3. The molecule has 0 aliphatic heterocycles. The lowest BCUT2D eigenvalue weighted by Crippen LogP contribution is -2.05. The van der Waals surface area contributed by atoms with Gasteiger partial charge in [-0.05, 0) is 44.5 Å². The van der Waals surface area contributed by atoms with Crippen molar-refractivity contribution in [2.75, 3.05) is 0 Å². The van der Waals surface area contributed by atoms with E-state index < -0.39 is 0 Å². The molecule has 0 radical (unpaired) electrons. The Labute approximate surface area is 78.8 Å². The van der Waals surface area contributed by atoms with E-state index in [9.17, 15) is 0 Å². The maximum Gasteiger partial charge on any atom is 0.121 e. The van der Waals surface area contributed by atoms with Crippen LogP contribution in [-0.4, -0.2) is 6.10 Å². The van der Waals surface area contributed by atoms with Crippen molar-refractivity contribution in [2.45, 2.75) is 26.9 Å². The van der Waals surface area contributed by atoms with Gasteiger partial charge in [-0.2, -0.15) is 5.26 Å². The van der Waals surface area contributed by atoms with Crippen LogP contribution in [0.15, 0.2) is 18.2 Å². The SMILES string of the molecule is Cc1cc(C#N)cc(OC(C)C)c1. The molecule has 1 aromatic rings. The third-order valence-corrected chi connectivity index (χ3v) is 1.55. The van der Waals surface area contributed by atoms with E-state index in [0.717, 1.165) is 11.3 Å². The number of benzene rings is 1. The summed E-state index contributed by atoms with van der Waals surface area (Å²) < 4.78 is 5.49. The summed E-state index contributed by atoms with van der Waals surface area (Å²) in [6.07, 6.45) is 0.147. The van der Waals surface area contributed by atoms with Crippen LogP contribution in [0.4, 0.5) is 0 Å². The lowest BCUT2D eigenvalue weighted by molar-refractivity contribution is 0.242. The third kappa shape index (κ3) is 2.79. The molecule has 0 saturated heterocycles. The highest BCUT2D eigenvalue weighted by Gasteiger charge is 2.00. The molecule has 2 nitrogen and oxygen atoms in total. The molecular formula is C11H13NO. The van der Waals surface area contributed by atoms with E-state index in [1.807, 2.05) is 32.9 Å². The van der Waals surface area contributed by atoms with E-state index in [1.54, 1.807) is 6.07 Å². The van der Waals surface area contributed by atoms with E-state index in [2.05, 4.69) is 6.07 Å². The zero-order valence-corrected chi connectivity index (χ0v) is 8.16. The van der Waals surface area contributed by atoms with Crippen molar-refractivity contribution >= 4 is 0 Å². The molecular weight excluding hydrogens is 162 g/mol. The molecule has 0 aromatic heterocycles. The molecule has 0 aliphatic carbocycles. The van der Waals surface area contributed by atoms with E-state index >= 15 is 0 Å². The van der Waals surface area contributed by atoms with Crippen molar-refractivity contribution < 1.29 is 4.74 Å².